The molecule has 1 amide bonds. The first kappa shape index (κ1) is 14.0. The van der Waals surface area contributed by atoms with Gasteiger partial charge < -0.3 is 10.4 Å². The van der Waals surface area contributed by atoms with E-state index in [0.29, 0.717) is 5.56 Å². The van der Waals surface area contributed by atoms with E-state index in [4.69, 9.17) is 5.11 Å². The molecule has 1 atom stereocenters. The minimum Gasteiger partial charge on any atom is -0.480 e. The van der Waals surface area contributed by atoms with Crippen LogP contribution in [0.1, 0.15) is 30.6 Å². The van der Waals surface area contributed by atoms with E-state index >= 15 is 0 Å². The molecule has 6 nitrogen and oxygen atoms in total. The fraction of sp³-hybridized carbons (Fsp3) is 0.357. The molecular weight excluding hydrogens is 258 g/mol. The SMILES string of the molecule is CC1=NN(c2ccc(C(=O)N[C@@H](C)C(=O)O)cc2)CC1. The number of benzene rings is 1. The summed E-state index contributed by atoms with van der Waals surface area (Å²) in [6, 6.07) is 6.04. The molecule has 2 N–H and O–H groups in total. The van der Waals surface area contributed by atoms with E-state index in [1.54, 1.807) is 12.1 Å². The lowest BCUT2D eigenvalue weighted by molar-refractivity contribution is -0.138. The van der Waals surface area contributed by atoms with Crippen LogP contribution in [0.3, 0.4) is 0 Å². The standard InChI is InChI=1S/C14H17N3O3/c1-9-7-8-17(16-9)12-5-3-11(4-6-12)13(18)15-10(2)14(19)20/h3-6,10H,7-8H2,1-2H3,(H,15,18)(H,19,20)/t10-/m0/s1. The molecule has 0 spiro atoms. The van der Waals surface area contributed by atoms with Crippen molar-refractivity contribution < 1.29 is 14.7 Å². The topological polar surface area (TPSA) is 82.0 Å². The van der Waals surface area contributed by atoms with E-state index in [0.717, 1.165) is 24.4 Å². The third-order valence-corrected chi connectivity index (χ3v) is 3.12. The molecule has 1 aliphatic heterocycles. The molecule has 1 heterocycles. The van der Waals surface area contributed by atoms with Gasteiger partial charge in [0.2, 0.25) is 0 Å². The minimum atomic E-state index is -1.06. The van der Waals surface area contributed by atoms with Crippen molar-refractivity contribution in [1.82, 2.24) is 5.32 Å². The zero-order valence-electron chi connectivity index (χ0n) is 11.5. The Hall–Kier alpha value is -2.37. The fourth-order valence-corrected chi connectivity index (χ4v) is 1.89. The summed E-state index contributed by atoms with van der Waals surface area (Å²) in [7, 11) is 0. The molecule has 0 saturated heterocycles. The quantitative estimate of drug-likeness (QED) is 0.872. The van der Waals surface area contributed by atoms with Gasteiger partial charge >= 0.3 is 5.97 Å². The number of rotatable bonds is 4. The van der Waals surface area contributed by atoms with Gasteiger partial charge in [0, 0.05) is 24.2 Å². The van der Waals surface area contributed by atoms with E-state index in [1.165, 1.54) is 6.92 Å². The van der Waals surface area contributed by atoms with Crippen molar-refractivity contribution in [2.75, 3.05) is 11.6 Å². The molecule has 0 unspecified atom stereocenters. The molecular formula is C14H17N3O3. The van der Waals surface area contributed by atoms with E-state index < -0.39 is 17.9 Å². The molecule has 6 heteroatoms. The molecule has 1 aliphatic rings. The monoisotopic (exact) mass is 275 g/mol. The first-order valence-corrected chi connectivity index (χ1v) is 6.42. The van der Waals surface area contributed by atoms with Crippen LogP contribution in [-0.4, -0.2) is 35.3 Å². The molecule has 2 rings (SSSR count). The van der Waals surface area contributed by atoms with Gasteiger partial charge in [0.25, 0.3) is 5.91 Å². The summed E-state index contributed by atoms with van der Waals surface area (Å²) < 4.78 is 0. The zero-order valence-corrected chi connectivity index (χ0v) is 11.5. The molecule has 0 fully saturated rings. The Morgan fingerprint density at radius 3 is 2.50 bits per heavy atom. The van der Waals surface area contributed by atoms with Crippen LogP contribution in [0, 0.1) is 0 Å². The number of anilines is 1. The minimum absolute atomic E-state index is 0.396. The first-order valence-electron chi connectivity index (χ1n) is 6.42. The van der Waals surface area contributed by atoms with Crippen LogP contribution in [0.2, 0.25) is 0 Å². The Labute approximate surface area is 117 Å². The van der Waals surface area contributed by atoms with Crippen LogP contribution in [0.15, 0.2) is 29.4 Å². The maximum absolute atomic E-state index is 11.8. The van der Waals surface area contributed by atoms with Crippen molar-refractivity contribution in [1.29, 1.82) is 0 Å². The molecule has 0 saturated carbocycles. The Balaban J connectivity index is 2.05. The number of carboxylic acids is 1. The number of carbonyl (C=O) groups excluding carboxylic acids is 1. The van der Waals surface area contributed by atoms with Gasteiger partial charge in [-0.25, -0.2) is 0 Å². The summed E-state index contributed by atoms with van der Waals surface area (Å²) >= 11 is 0. The van der Waals surface area contributed by atoms with Crippen molar-refractivity contribution in [2.24, 2.45) is 5.10 Å². The number of hydrazone groups is 1. The molecule has 1 aromatic rings. The number of amides is 1. The zero-order chi connectivity index (χ0) is 14.7. The van der Waals surface area contributed by atoms with Gasteiger partial charge in [-0.05, 0) is 38.1 Å². The van der Waals surface area contributed by atoms with Crippen LogP contribution in [0.4, 0.5) is 5.69 Å². The van der Waals surface area contributed by atoms with Crippen molar-refractivity contribution >= 4 is 23.3 Å². The second-order valence-corrected chi connectivity index (χ2v) is 4.79. The van der Waals surface area contributed by atoms with E-state index in [-0.39, 0.29) is 0 Å². The molecule has 106 valence electrons. The van der Waals surface area contributed by atoms with Gasteiger partial charge in [-0.3, -0.25) is 14.6 Å². The summed E-state index contributed by atoms with van der Waals surface area (Å²) in [6.45, 7) is 4.25. The first-order chi connectivity index (χ1) is 9.47. The normalized spacial score (nSPS) is 15.7. The smallest absolute Gasteiger partial charge is 0.325 e. The predicted octanol–water partition coefficient (Wildman–Crippen LogP) is 1.48. The highest BCUT2D eigenvalue weighted by Crippen LogP contribution is 2.19. The summed E-state index contributed by atoms with van der Waals surface area (Å²) in [4.78, 5) is 22.5. The summed E-state index contributed by atoms with van der Waals surface area (Å²) in [5, 5.41) is 17.4. The Morgan fingerprint density at radius 1 is 1.35 bits per heavy atom. The Bertz CT molecular complexity index is 551. The van der Waals surface area contributed by atoms with E-state index in [2.05, 4.69) is 10.4 Å². The van der Waals surface area contributed by atoms with Gasteiger partial charge in [0.15, 0.2) is 0 Å². The van der Waals surface area contributed by atoms with Gasteiger partial charge in [-0.15, -0.1) is 0 Å². The molecule has 0 bridgehead atoms. The van der Waals surface area contributed by atoms with E-state index in [1.807, 2.05) is 24.1 Å². The highest BCUT2D eigenvalue weighted by Gasteiger charge is 2.16. The van der Waals surface area contributed by atoms with Gasteiger partial charge in [-0.2, -0.15) is 5.10 Å². The number of hydrogen-bond acceptors (Lipinski definition) is 4. The van der Waals surface area contributed by atoms with Gasteiger partial charge in [-0.1, -0.05) is 0 Å². The molecule has 0 aliphatic carbocycles. The largest absolute Gasteiger partial charge is 0.480 e. The van der Waals surface area contributed by atoms with Crippen LogP contribution < -0.4 is 10.3 Å². The summed E-state index contributed by atoms with van der Waals surface area (Å²) in [5.74, 6) is -1.45. The highest BCUT2D eigenvalue weighted by atomic mass is 16.4. The average Bonchev–Trinajstić information content (AvgIpc) is 2.85. The lowest BCUT2D eigenvalue weighted by Crippen LogP contribution is -2.38. The molecule has 0 radical (unpaired) electrons. The van der Waals surface area contributed by atoms with Crippen molar-refractivity contribution in [3.05, 3.63) is 29.8 Å². The predicted molar refractivity (Wildman–Crippen MR) is 76.1 cm³/mol. The molecule has 20 heavy (non-hydrogen) atoms. The average molecular weight is 275 g/mol. The molecule has 0 aromatic heterocycles. The summed E-state index contributed by atoms with van der Waals surface area (Å²) in [6.07, 6.45) is 0.943. The number of aliphatic carboxylic acids is 1. The third kappa shape index (κ3) is 3.14. The second kappa shape index (κ2) is 5.73. The van der Waals surface area contributed by atoms with Crippen LogP contribution >= 0.6 is 0 Å². The maximum Gasteiger partial charge on any atom is 0.325 e. The molecule has 1 aromatic carbocycles. The number of nitrogens with one attached hydrogen (secondary N) is 1. The van der Waals surface area contributed by atoms with Gasteiger partial charge in [0.1, 0.15) is 6.04 Å². The van der Waals surface area contributed by atoms with E-state index in [9.17, 15) is 9.59 Å². The van der Waals surface area contributed by atoms with Crippen LogP contribution in [0.5, 0.6) is 0 Å². The number of carboxylic acid groups (broad SMARTS) is 1. The van der Waals surface area contributed by atoms with Crippen LogP contribution in [0.25, 0.3) is 0 Å². The lowest BCUT2D eigenvalue weighted by Gasteiger charge is -2.14. The number of hydrogen-bond donors (Lipinski definition) is 2. The lowest BCUT2D eigenvalue weighted by atomic mass is 10.1. The second-order valence-electron chi connectivity index (χ2n) is 4.79. The van der Waals surface area contributed by atoms with Crippen molar-refractivity contribution in [3.8, 4) is 0 Å². The van der Waals surface area contributed by atoms with Crippen molar-refractivity contribution in [2.45, 2.75) is 26.3 Å². The summed E-state index contributed by atoms with van der Waals surface area (Å²) in [5.41, 5.74) is 2.44. The highest BCUT2D eigenvalue weighted by molar-refractivity contribution is 5.96. The van der Waals surface area contributed by atoms with Crippen LogP contribution in [-0.2, 0) is 4.79 Å². The van der Waals surface area contributed by atoms with Gasteiger partial charge in [0.05, 0.1) is 5.69 Å². The number of nitrogens with zero attached hydrogens (tertiary/aromatic N) is 2. The Morgan fingerprint density at radius 2 is 2.00 bits per heavy atom. The number of carbonyl (C=O) groups is 2. The Kier molecular flexibility index (Phi) is 4.02. The van der Waals surface area contributed by atoms with Crippen molar-refractivity contribution in [3.63, 3.8) is 0 Å². The maximum atomic E-state index is 11.8. The third-order valence-electron chi connectivity index (χ3n) is 3.12. The fourth-order valence-electron chi connectivity index (χ4n) is 1.89.